The van der Waals surface area contributed by atoms with Crippen molar-refractivity contribution in [2.45, 2.75) is 25.5 Å². The van der Waals surface area contributed by atoms with Crippen LogP contribution in [-0.2, 0) is 11.2 Å². The lowest BCUT2D eigenvalue weighted by Gasteiger charge is -2.20. The van der Waals surface area contributed by atoms with Gasteiger partial charge in [0, 0.05) is 13.5 Å². The zero-order valence-corrected chi connectivity index (χ0v) is 7.99. The molecule has 13 heavy (non-hydrogen) atoms. The zero-order valence-electron chi connectivity index (χ0n) is 7.99. The predicted molar refractivity (Wildman–Crippen MR) is 50.0 cm³/mol. The SMILES string of the molecule is COC(C)C(Cc1ccco1)NN. The molecule has 0 saturated heterocycles. The second kappa shape index (κ2) is 5.01. The Kier molecular flexibility index (Phi) is 3.95. The average molecular weight is 184 g/mol. The van der Waals surface area contributed by atoms with Crippen LogP contribution in [0.2, 0.25) is 0 Å². The summed E-state index contributed by atoms with van der Waals surface area (Å²) in [6, 6.07) is 3.86. The van der Waals surface area contributed by atoms with Crippen molar-refractivity contribution in [3.63, 3.8) is 0 Å². The van der Waals surface area contributed by atoms with Crippen LogP contribution in [0.25, 0.3) is 0 Å². The van der Waals surface area contributed by atoms with E-state index in [9.17, 15) is 0 Å². The number of methoxy groups -OCH3 is 1. The Bertz CT molecular complexity index is 224. The Morgan fingerprint density at radius 1 is 1.69 bits per heavy atom. The molecule has 2 unspecified atom stereocenters. The maximum atomic E-state index is 5.39. The molecular weight excluding hydrogens is 168 g/mol. The molecule has 2 atom stereocenters. The topological polar surface area (TPSA) is 60.4 Å². The first kappa shape index (κ1) is 10.2. The van der Waals surface area contributed by atoms with E-state index in [1.807, 2.05) is 19.1 Å². The molecule has 74 valence electrons. The van der Waals surface area contributed by atoms with Crippen LogP contribution in [0.4, 0.5) is 0 Å². The van der Waals surface area contributed by atoms with E-state index in [1.54, 1.807) is 13.4 Å². The summed E-state index contributed by atoms with van der Waals surface area (Å²) < 4.78 is 10.4. The summed E-state index contributed by atoms with van der Waals surface area (Å²) in [7, 11) is 1.66. The zero-order chi connectivity index (χ0) is 9.68. The molecule has 0 bridgehead atoms. The first-order chi connectivity index (χ1) is 6.27. The number of nitrogens with two attached hydrogens (primary N) is 1. The third-order valence-corrected chi connectivity index (χ3v) is 2.15. The van der Waals surface area contributed by atoms with Crippen LogP contribution in [0.15, 0.2) is 22.8 Å². The predicted octanol–water partition coefficient (Wildman–Crippen LogP) is 0.689. The summed E-state index contributed by atoms with van der Waals surface area (Å²) >= 11 is 0. The molecular formula is C9H16N2O2. The Labute approximate surface area is 78.0 Å². The summed E-state index contributed by atoms with van der Waals surface area (Å²) in [4.78, 5) is 0. The Morgan fingerprint density at radius 3 is 2.92 bits per heavy atom. The van der Waals surface area contributed by atoms with Gasteiger partial charge in [-0.2, -0.15) is 0 Å². The van der Waals surface area contributed by atoms with Crippen molar-refractivity contribution < 1.29 is 9.15 Å². The van der Waals surface area contributed by atoms with E-state index in [4.69, 9.17) is 15.0 Å². The lowest BCUT2D eigenvalue weighted by atomic mass is 10.1. The number of furan rings is 1. The van der Waals surface area contributed by atoms with Crippen LogP contribution in [0, 0.1) is 0 Å². The van der Waals surface area contributed by atoms with Gasteiger partial charge in [-0.3, -0.25) is 11.3 Å². The van der Waals surface area contributed by atoms with Crippen molar-refractivity contribution in [3.8, 4) is 0 Å². The summed E-state index contributed by atoms with van der Waals surface area (Å²) in [5.74, 6) is 6.30. The van der Waals surface area contributed by atoms with Gasteiger partial charge in [0.1, 0.15) is 5.76 Å². The molecule has 0 saturated carbocycles. The molecule has 0 spiro atoms. The van der Waals surface area contributed by atoms with Crippen molar-refractivity contribution in [1.29, 1.82) is 0 Å². The minimum absolute atomic E-state index is 0.0649. The fourth-order valence-electron chi connectivity index (χ4n) is 1.17. The molecule has 0 fully saturated rings. The van der Waals surface area contributed by atoms with Gasteiger partial charge in [-0.05, 0) is 19.1 Å². The Balaban J connectivity index is 2.49. The largest absolute Gasteiger partial charge is 0.469 e. The monoisotopic (exact) mass is 184 g/mol. The molecule has 0 amide bonds. The molecule has 0 aliphatic rings. The first-order valence-corrected chi connectivity index (χ1v) is 4.29. The summed E-state index contributed by atoms with van der Waals surface area (Å²) in [5.41, 5.74) is 2.71. The van der Waals surface area contributed by atoms with Crippen LogP contribution in [0.1, 0.15) is 12.7 Å². The second-order valence-corrected chi connectivity index (χ2v) is 3.00. The number of hydrogen-bond acceptors (Lipinski definition) is 4. The van der Waals surface area contributed by atoms with Gasteiger partial charge < -0.3 is 9.15 Å². The van der Waals surface area contributed by atoms with E-state index in [2.05, 4.69) is 5.43 Å². The summed E-state index contributed by atoms with van der Waals surface area (Å²) in [6.07, 6.45) is 2.45. The highest BCUT2D eigenvalue weighted by Crippen LogP contribution is 2.07. The molecule has 4 heteroatoms. The second-order valence-electron chi connectivity index (χ2n) is 3.00. The summed E-state index contributed by atoms with van der Waals surface area (Å²) in [6.45, 7) is 1.97. The van der Waals surface area contributed by atoms with E-state index in [0.717, 1.165) is 12.2 Å². The van der Waals surface area contributed by atoms with Crippen LogP contribution in [0.3, 0.4) is 0 Å². The molecule has 1 heterocycles. The van der Waals surface area contributed by atoms with Gasteiger partial charge in [0.25, 0.3) is 0 Å². The third kappa shape index (κ3) is 2.84. The molecule has 0 aromatic carbocycles. The Morgan fingerprint density at radius 2 is 2.46 bits per heavy atom. The van der Waals surface area contributed by atoms with Crippen LogP contribution >= 0.6 is 0 Å². The number of ether oxygens (including phenoxy) is 1. The maximum Gasteiger partial charge on any atom is 0.105 e. The average Bonchev–Trinajstić information content (AvgIpc) is 2.65. The molecule has 4 nitrogen and oxygen atoms in total. The van der Waals surface area contributed by atoms with E-state index >= 15 is 0 Å². The highest BCUT2D eigenvalue weighted by Gasteiger charge is 2.16. The van der Waals surface area contributed by atoms with Crippen molar-refractivity contribution >= 4 is 0 Å². The van der Waals surface area contributed by atoms with Crippen molar-refractivity contribution in [1.82, 2.24) is 5.43 Å². The van der Waals surface area contributed by atoms with Crippen molar-refractivity contribution in [2.24, 2.45) is 5.84 Å². The van der Waals surface area contributed by atoms with Gasteiger partial charge in [0.05, 0.1) is 18.4 Å². The Hall–Kier alpha value is -0.840. The molecule has 3 N–H and O–H groups in total. The standard InChI is InChI=1S/C9H16N2O2/c1-7(12-2)9(11-10)6-8-4-3-5-13-8/h3-5,7,9,11H,6,10H2,1-2H3. The number of rotatable bonds is 5. The van der Waals surface area contributed by atoms with E-state index < -0.39 is 0 Å². The molecule has 0 aliphatic carbocycles. The third-order valence-electron chi connectivity index (χ3n) is 2.15. The van der Waals surface area contributed by atoms with E-state index in [0.29, 0.717) is 0 Å². The minimum Gasteiger partial charge on any atom is -0.469 e. The highest BCUT2D eigenvalue weighted by atomic mass is 16.5. The van der Waals surface area contributed by atoms with Gasteiger partial charge in [-0.15, -0.1) is 0 Å². The fraction of sp³-hybridized carbons (Fsp3) is 0.556. The molecule has 0 aliphatic heterocycles. The number of hydrogen-bond donors (Lipinski definition) is 2. The smallest absolute Gasteiger partial charge is 0.105 e. The van der Waals surface area contributed by atoms with Gasteiger partial charge in [0.15, 0.2) is 0 Å². The quantitative estimate of drug-likeness (QED) is 0.522. The van der Waals surface area contributed by atoms with Gasteiger partial charge in [0.2, 0.25) is 0 Å². The van der Waals surface area contributed by atoms with Gasteiger partial charge >= 0.3 is 0 Å². The van der Waals surface area contributed by atoms with Crippen LogP contribution in [-0.4, -0.2) is 19.3 Å². The van der Waals surface area contributed by atoms with Crippen molar-refractivity contribution in [2.75, 3.05) is 7.11 Å². The molecule has 1 aromatic rings. The van der Waals surface area contributed by atoms with Gasteiger partial charge in [-0.25, -0.2) is 0 Å². The fourth-order valence-corrected chi connectivity index (χ4v) is 1.17. The lowest BCUT2D eigenvalue weighted by molar-refractivity contribution is 0.0813. The normalized spacial score (nSPS) is 15.6. The lowest BCUT2D eigenvalue weighted by Crippen LogP contribution is -2.44. The summed E-state index contributed by atoms with van der Waals surface area (Å²) in [5, 5.41) is 0. The van der Waals surface area contributed by atoms with Crippen LogP contribution in [0.5, 0.6) is 0 Å². The van der Waals surface area contributed by atoms with Gasteiger partial charge in [-0.1, -0.05) is 0 Å². The molecule has 1 rings (SSSR count). The van der Waals surface area contributed by atoms with Crippen LogP contribution < -0.4 is 11.3 Å². The van der Waals surface area contributed by atoms with E-state index in [-0.39, 0.29) is 12.1 Å². The highest BCUT2D eigenvalue weighted by molar-refractivity contribution is 5.01. The minimum atomic E-state index is 0.0649. The molecule has 0 radical (unpaired) electrons. The van der Waals surface area contributed by atoms with E-state index in [1.165, 1.54) is 0 Å². The molecule has 1 aromatic heterocycles. The maximum absolute atomic E-state index is 5.39. The first-order valence-electron chi connectivity index (χ1n) is 4.29. The number of hydrazine groups is 1. The van der Waals surface area contributed by atoms with Crippen molar-refractivity contribution in [3.05, 3.63) is 24.2 Å². The number of nitrogens with one attached hydrogen (secondary N) is 1.